The Kier molecular flexibility index (Phi) is 4.95. The van der Waals surface area contributed by atoms with E-state index in [0.29, 0.717) is 16.9 Å². The number of aliphatic hydroxyl groups is 1. The molecule has 1 fully saturated rings. The van der Waals surface area contributed by atoms with E-state index in [1.807, 2.05) is 24.3 Å². The van der Waals surface area contributed by atoms with Gasteiger partial charge < -0.3 is 15.3 Å². The third kappa shape index (κ3) is 3.79. The first-order valence-corrected chi connectivity index (χ1v) is 10.0. The van der Waals surface area contributed by atoms with Crippen LogP contribution in [0.25, 0.3) is 22.4 Å². The molecule has 0 amide bonds. The number of benzene rings is 2. The van der Waals surface area contributed by atoms with Crippen LogP contribution >= 0.6 is 0 Å². The number of piperidine rings is 1. The summed E-state index contributed by atoms with van der Waals surface area (Å²) in [4.78, 5) is 10.9. The van der Waals surface area contributed by atoms with Crippen molar-refractivity contribution >= 4 is 28.2 Å². The van der Waals surface area contributed by atoms with Crippen molar-refractivity contribution in [1.82, 2.24) is 20.2 Å². The van der Waals surface area contributed by atoms with Crippen LogP contribution in [-0.4, -0.2) is 44.5 Å². The summed E-state index contributed by atoms with van der Waals surface area (Å²) in [6.45, 7) is 1.62. The standard InChI is InChI=1S/C22H20F2N6O/c23-16-2-1-3-17(24)19(16)21-27-18-12-25-29-20(18)22(28-21)26-13-4-6-14(7-5-13)30-10-8-15(31)9-11-30/h1-7,12,15,31H,8-11H2,(H,25,29)(H,26,27,28). The van der Waals surface area contributed by atoms with Gasteiger partial charge in [0.25, 0.3) is 0 Å². The highest BCUT2D eigenvalue weighted by molar-refractivity contribution is 5.88. The molecule has 0 radical (unpaired) electrons. The number of anilines is 3. The predicted molar refractivity (Wildman–Crippen MR) is 114 cm³/mol. The molecule has 2 aromatic heterocycles. The minimum Gasteiger partial charge on any atom is -0.393 e. The van der Waals surface area contributed by atoms with Gasteiger partial charge in [0.2, 0.25) is 0 Å². The molecule has 3 heterocycles. The highest BCUT2D eigenvalue weighted by atomic mass is 19.1. The van der Waals surface area contributed by atoms with Crippen molar-refractivity contribution in [2.75, 3.05) is 23.3 Å². The predicted octanol–water partition coefficient (Wildman–Crippen LogP) is 4.00. The van der Waals surface area contributed by atoms with E-state index in [1.54, 1.807) is 0 Å². The van der Waals surface area contributed by atoms with Gasteiger partial charge in [-0.1, -0.05) is 6.07 Å². The molecule has 31 heavy (non-hydrogen) atoms. The van der Waals surface area contributed by atoms with E-state index in [4.69, 9.17) is 0 Å². The third-order valence-electron chi connectivity index (χ3n) is 5.45. The number of halogens is 2. The largest absolute Gasteiger partial charge is 0.393 e. The Balaban J connectivity index is 1.46. The molecule has 2 aromatic carbocycles. The Hall–Kier alpha value is -3.59. The first-order valence-electron chi connectivity index (χ1n) is 10.0. The van der Waals surface area contributed by atoms with Crippen molar-refractivity contribution < 1.29 is 13.9 Å². The second-order valence-electron chi connectivity index (χ2n) is 7.51. The molecule has 4 aromatic rings. The van der Waals surface area contributed by atoms with Crippen LogP contribution in [0.15, 0.2) is 48.7 Å². The Bertz CT molecular complexity index is 1200. The van der Waals surface area contributed by atoms with E-state index in [2.05, 4.69) is 30.4 Å². The Morgan fingerprint density at radius 1 is 1.00 bits per heavy atom. The molecule has 0 bridgehead atoms. The number of hydrogen-bond acceptors (Lipinski definition) is 6. The number of aromatic nitrogens is 4. The van der Waals surface area contributed by atoms with E-state index in [-0.39, 0.29) is 17.5 Å². The number of aromatic amines is 1. The molecule has 1 saturated heterocycles. The van der Waals surface area contributed by atoms with E-state index >= 15 is 0 Å². The van der Waals surface area contributed by atoms with Crippen LogP contribution < -0.4 is 10.2 Å². The summed E-state index contributed by atoms with van der Waals surface area (Å²) in [6, 6.07) is 11.4. The number of hydrogen-bond donors (Lipinski definition) is 3. The fraction of sp³-hybridized carbons (Fsp3) is 0.227. The summed E-state index contributed by atoms with van der Waals surface area (Å²) in [6.07, 6.45) is 2.78. The van der Waals surface area contributed by atoms with Gasteiger partial charge in [0.1, 0.15) is 22.7 Å². The van der Waals surface area contributed by atoms with E-state index in [9.17, 15) is 13.9 Å². The maximum atomic E-state index is 14.3. The summed E-state index contributed by atoms with van der Waals surface area (Å²) in [5.41, 5.74) is 2.53. The van der Waals surface area contributed by atoms with Crippen molar-refractivity contribution in [3.05, 3.63) is 60.3 Å². The van der Waals surface area contributed by atoms with Crippen LogP contribution in [0.2, 0.25) is 0 Å². The molecule has 158 valence electrons. The molecule has 7 nitrogen and oxygen atoms in total. The fourth-order valence-corrected chi connectivity index (χ4v) is 3.77. The van der Waals surface area contributed by atoms with Crippen LogP contribution in [-0.2, 0) is 0 Å². The van der Waals surface area contributed by atoms with Crippen LogP contribution in [0, 0.1) is 11.6 Å². The minimum absolute atomic E-state index is 0.0597. The zero-order chi connectivity index (χ0) is 21.4. The van der Waals surface area contributed by atoms with E-state index in [1.165, 1.54) is 24.4 Å². The Labute approximate surface area is 176 Å². The maximum Gasteiger partial charge on any atom is 0.168 e. The Morgan fingerprint density at radius 3 is 2.42 bits per heavy atom. The van der Waals surface area contributed by atoms with Gasteiger partial charge >= 0.3 is 0 Å². The molecule has 0 atom stereocenters. The van der Waals surface area contributed by atoms with Gasteiger partial charge in [-0.25, -0.2) is 18.7 Å². The molecular weight excluding hydrogens is 402 g/mol. The average molecular weight is 422 g/mol. The van der Waals surface area contributed by atoms with Crippen molar-refractivity contribution in [2.24, 2.45) is 0 Å². The second-order valence-corrected chi connectivity index (χ2v) is 7.51. The normalized spacial score (nSPS) is 14.9. The lowest BCUT2D eigenvalue weighted by molar-refractivity contribution is 0.145. The number of H-pyrrole nitrogens is 1. The molecule has 5 rings (SSSR count). The van der Waals surface area contributed by atoms with Gasteiger partial charge in [-0.15, -0.1) is 0 Å². The quantitative estimate of drug-likeness (QED) is 0.461. The number of nitrogens with zero attached hydrogens (tertiary/aromatic N) is 4. The van der Waals surface area contributed by atoms with Crippen LogP contribution in [0.1, 0.15) is 12.8 Å². The number of nitrogens with one attached hydrogen (secondary N) is 2. The third-order valence-corrected chi connectivity index (χ3v) is 5.45. The lowest BCUT2D eigenvalue weighted by atomic mass is 10.1. The number of aliphatic hydroxyl groups excluding tert-OH is 1. The Morgan fingerprint density at radius 2 is 1.71 bits per heavy atom. The van der Waals surface area contributed by atoms with Crippen LogP contribution in [0.5, 0.6) is 0 Å². The van der Waals surface area contributed by atoms with Gasteiger partial charge in [-0.3, -0.25) is 5.10 Å². The van der Waals surface area contributed by atoms with Crippen molar-refractivity contribution in [3.8, 4) is 11.4 Å². The summed E-state index contributed by atoms with van der Waals surface area (Å²) in [7, 11) is 0. The lowest BCUT2D eigenvalue weighted by Gasteiger charge is -2.31. The van der Waals surface area contributed by atoms with E-state index in [0.717, 1.165) is 37.3 Å². The molecule has 9 heteroatoms. The number of rotatable bonds is 4. The second kappa shape index (κ2) is 7.92. The van der Waals surface area contributed by atoms with E-state index < -0.39 is 11.6 Å². The average Bonchev–Trinajstić information content (AvgIpc) is 3.24. The highest BCUT2D eigenvalue weighted by Crippen LogP contribution is 2.29. The van der Waals surface area contributed by atoms with Gasteiger partial charge in [0, 0.05) is 24.5 Å². The summed E-state index contributed by atoms with van der Waals surface area (Å²) in [5.74, 6) is -1.15. The summed E-state index contributed by atoms with van der Waals surface area (Å²) < 4.78 is 28.6. The monoisotopic (exact) mass is 422 g/mol. The number of fused-ring (bicyclic) bond motifs is 1. The first kappa shape index (κ1) is 19.4. The van der Waals surface area contributed by atoms with Gasteiger partial charge in [-0.2, -0.15) is 5.10 Å². The SMILES string of the molecule is OC1CCN(c2ccc(Nc3nc(-c4c(F)cccc4F)nc4cn[nH]c34)cc2)CC1. The molecule has 0 aliphatic carbocycles. The summed E-state index contributed by atoms with van der Waals surface area (Å²) in [5, 5.41) is 19.7. The lowest BCUT2D eigenvalue weighted by Crippen LogP contribution is -2.35. The molecule has 3 N–H and O–H groups in total. The zero-order valence-electron chi connectivity index (χ0n) is 16.5. The molecule has 0 unspecified atom stereocenters. The zero-order valence-corrected chi connectivity index (χ0v) is 16.5. The van der Waals surface area contributed by atoms with Gasteiger partial charge in [0.15, 0.2) is 11.6 Å². The summed E-state index contributed by atoms with van der Waals surface area (Å²) >= 11 is 0. The molecule has 0 spiro atoms. The topological polar surface area (TPSA) is 90.0 Å². The van der Waals surface area contributed by atoms with Crippen molar-refractivity contribution in [2.45, 2.75) is 18.9 Å². The first-order chi connectivity index (χ1) is 15.1. The fourth-order valence-electron chi connectivity index (χ4n) is 3.77. The molecule has 0 saturated carbocycles. The molecular formula is C22H20F2N6O. The highest BCUT2D eigenvalue weighted by Gasteiger charge is 2.19. The molecule has 1 aliphatic heterocycles. The van der Waals surface area contributed by atoms with Crippen molar-refractivity contribution in [1.29, 1.82) is 0 Å². The minimum atomic E-state index is -0.732. The van der Waals surface area contributed by atoms with Crippen molar-refractivity contribution in [3.63, 3.8) is 0 Å². The van der Waals surface area contributed by atoms with Gasteiger partial charge in [-0.05, 0) is 49.2 Å². The van der Waals surface area contributed by atoms with Crippen LogP contribution in [0.3, 0.4) is 0 Å². The maximum absolute atomic E-state index is 14.3. The smallest absolute Gasteiger partial charge is 0.168 e. The molecule has 1 aliphatic rings. The van der Waals surface area contributed by atoms with Crippen LogP contribution in [0.4, 0.5) is 26.0 Å². The van der Waals surface area contributed by atoms with Gasteiger partial charge in [0.05, 0.1) is 17.9 Å².